The number of aliphatic carboxylic acids is 1. The standard InChI is InChI=1S/C15H19NO3/c1-10-6-4-5-7-12(10)15(8-9-15)14(19)16(3)11(2)13(17)18/h4-7,11H,8-9H2,1-3H3,(H,17,18). The van der Waals surface area contributed by atoms with Gasteiger partial charge >= 0.3 is 5.97 Å². The van der Waals surface area contributed by atoms with Crippen LogP contribution in [0.25, 0.3) is 0 Å². The maximum absolute atomic E-state index is 12.6. The Hall–Kier alpha value is -1.84. The number of amides is 1. The maximum Gasteiger partial charge on any atom is 0.326 e. The molecular weight excluding hydrogens is 242 g/mol. The van der Waals surface area contributed by atoms with Crippen molar-refractivity contribution in [1.29, 1.82) is 0 Å². The quantitative estimate of drug-likeness (QED) is 0.901. The molecule has 0 aliphatic heterocycles. The lowest BCUT2D eigenvalue weighted by atomic mass is 9.90. The number of hydrogen-bond acceptors (Lipinski definition) is 2. The van der Waals surface area contributed by atoms with Crippen LogP contribution in [0.15, 0.2) is 24.3 Å². The minimum Gasteiger partial charge on any atom is -0.480 e. The zero-order valence-electron chi connectivity index (χ0n) is 11.5. The van der Waals surface area contributed by atoms with E-state index in [0.717, 1.165) is 24.0 Å². The van der Waals surface area contributed by atoms with Gasteiger partial charge in [0.15, 0.2) is 0 Å². The molecule has 1 aliphatic carbocycles. The Balaban J connectivity index is 2.29. The SMILES string of the molecule is Cc1ccccc1C1(C(=O)N(C)C(C)C(=O)O)CC1. The third-order valence-corrected chi connectivity index (χ3v) is 4.08. The average Bonchev–Trinajstić information content (AvgIpc) is 3.18. The van der Waals surface area contributed by atoms with Gasteiger partial charge in [-0.1, -0.05) is 24.3 Å². The number of benzene rings is 1. The van der Waals surface area contributed by atoms with Gasteiger partial charge in [-0.15, -0.1) is 0 Å². The van der Waals surface area contributed by atoms with E-state index in [9.17, 15) is 9.59 Å². The number of nitrogens with zero attached hydrogens (tertiary/aromatic N) is 1. The van der Waals surface area contributed by atoms with Crippen molar-refractivity contribution in [3.05, 3.63) is 35.4 Å². The normalized spacial score (nSPS) is 17.6. The number of carbonyl (C=O) groups excluding carboxylic acids is 1. The molecule has 1 fully saturated rings. The van der Waals surface area contributed by atoms with Crippen molar-refractivity contribution in [3.8, 4) is 0 Å². The summed E-state index contributed by atoms with van der Waals surface area (Å²) in [7, 11) is 1.57. The number of hydrogen-bond donors (Lipinski definition) is 1. The molecule has 4 heteroatoms. The van der Waals surface area contributed by atoms with Crippen molar-refractivity contribution in [2.75, 3.05) is 7.05 Å². The van der Waals surface area contributed by atoms with Crippen molar-refractivity contribution in [2.45, 2.75) is 38.1 Å². The Labute approximate surface area is 113 Å². The summed E-state index contributed by atoms with van der Waals surface area (Å²) in [4.78, 5) is 24.9. The second-order valence-electron chi connectivity index (χ2n) is 5.33. The summed E-state index contributed by atoms with van der Waals surface area (Å²) >= 11 is 0. The highest BCUT2D eigenvalue weighted by molar-refractivity contribution is 5.94. The highest BCUT2D eigenvalue weighted by Gasteiger charge is 2.53. The molecule has 0 bridgehead atoms. The molecule has 0 aromatic heterocycles. The van der Waals surface area contributed by atoms with E-state index >= 15 is 0 Å². The third kappa shape index (κ3) is 2.23. The molecule has 1 N–H and O–H groups in total. The fourth-order valence-electron chi connectivity index (χ4n) is 2.51. The van der Waals surface area contributed by atoms with E-state index in [1.165, 1.54) is 11.8 Å². The molecule has 2 rings (SSSR count). The number of likely N-dealkylation sites (N-methyl/N-ethyl adjacent to an activating group) is 1. The summed E-state index contributed by atoms with van der Waals surface area (Å²) < 4.78 is 0. The van der Waals surface area contributed by atoms with E-state index in [-0.39, 0.29) is 5.91 Å². The zero-order chi connectivity index (χ0) is 14.2. The number of carboxylic acid groups (broad SMARTS) is 1. The van der Waals surface area contributed by atoms with Crippen LogP contribution in [0, 0.1) is 6.92 Å². The molecule has 1 aliphatic rings. The number of rotatable bonds is 4. The van der Waals surface area contributed by atoms with Gasteiger partial charge in [0.05, 0.1) is 5.41 Å². The van der Waals surface area contributed by atoms with Gasteiger partial charge in [-0.3, -0.25) is 4.79 Å². The summed E-state index contributed by atoms with van der Waals surface area (Å²) in [5, 5.41) is 9.02. The number of carboxylic acids is 1. The van der Waals surface area contributed by atoms with Crippen molar-refractivity contribution < 1.29 is 14.7 Å². The van der Waals surface area contributed by atoms with Crippen molar-refractivity contribution in [3.63, 3.8) is 0 Å². The minimum absolute atomic E-state index is 0.0864. The van der Waals surface area contributed by atoms with Crippen LogP contribution in [0.3, 0.4) is 0 Å². The average molecular weight is 261 g/mol. The Bertz CT molecular complexity index is 520. The predicted molar refractivity (Wildman–Crippen MR) is 72.0 cm³/mol. The van der Waals surface area contributed by atoms with E-state index in [1.54, 1.807) is 7.05 Å². The van der Waals surface area contributed by atoms with Gasteiger partial charge in [0.2, 0.25) is 5.91 Å². The van der Waals surface area contributed by atoms with Crippen LogP contribution in [0.1, 0.15) is 30.9 Å². The molecule has 1 aromatic rings. The molecule has 0 spiro atoms. The molecule has 0 saturated heterocycles. The molecule has 1 saturated carbocycles. The van der Waals surface area contributed by atoms with Crippen molar-refractivity contribution in [1.82, 2.24) is 4.90 Å². The molecule has 1 unspecified atom stereocenters. The molecular formula is C15H19NO3. The summed E-state index contributed by atoms with van der Waals surface area (Å²) in [6.07, 6.45) is 1.60. The molecule has 102 valence electrons. The van der Waals surface area contributed by atoms with Crippen LogP contribution in [0.4, 0.5) is 0 Å². The van der Waals surface area contributed by atoms with E-state index in [4.69, 9.17) is 5.11 Å². The lowest BCUT2D eigenvalue weighted by molar-refractivity contribution is -0.149. The second kappa shape index (κ2) is 4.68. The monoisotopic (exact) mass is 261 g/mol. The Morgan fingerprint density at radius 3 is 2.37 bits per heavy atom. The van der Waals surface area contributed by atoms with Crippen LogP contribution in [0.2, 0.25) is 0 Å². The first kappa shape index (κ1) is 13.6. The second-order valence-corrected chi connectivity index (χ2v) is 5.33. The summed E-state index contributed by atoms with van der Waals surface area (Å²) in [5.41, 5.74) is 1.62. The largest absolute Gasteiger partial charge is 0.480 e. The lowest BCUT2D eigenvalue weighted by Gasteiger charge is -2.27. The smallest absolute Gasteiger partial charge is 0.326 e. The fourth-order valence-corrected chi connectivity index (χ4v) is 2.51. The zero-order valence-corrected chi connectivity index (χ0v) is 11.5. The Kier molecular flexibility index (Phi) is 3.35. The molecule has 0 radical (unpaired) electrons. The van der Waals surface area contributed by atoms with E-state index in [1.807, 2.05) is 31.2 Å². The lowest BCUT2D eigenvalue weighted by Crippen LogP contribution is -2.45. The highest BCUT2D eigenvalue weighted by atomic mass is 16.4. The first-order valence-corrected chi connectivity index (χ1v) is 6.46. The van der Waals surface area contributed by atoms with Gasteiger partial charge in [0.25, 0.3) is 0 Å². The first-order valence-electron chi connectivity index (χ1n) is 6.46. The van der Waals surface area contributed by atoms with Crippen LogP contribution in [-0.2, 0) is 15.0 Å². The van der Waals surface area contributed by atoms with Crippen LogP contribution >= 0.6 is 0 Å². The predicted octanol–water partition coefficient (Wildman–Crippen LogP) is 1.96. The minimum atomic E-state index is -0.976. The highest BCUT2D eigenvalue weighted by Crippen LogP contribution is 2.50. The Morgan fingerprint density at radius 1 is 1.32 bits per heavy atom. The van der Waals surface area contributed by atoms with E-state index in [0.29, 0.717) is 0 Å². The van der Waals surface area contributed by atoms with Gasteiger partial charge in [-0.25, -0.2) is 4.79 Å². The van der Waals surface area contributed by atoms with Crippen LogP contribution in [0.5, 0.6) is 0 Å². The molecule has 19 heavy (non-hydrogen) atoms. The Morgan fingerprint density at radius 2 is 1.89 bits per heavy atom. The van der Waals surface area contributed by atoms with Crippen LogP contribution in [-0.4, -0.2) is 35.0 Å². The molecule has 1 aromatic carbocycles. The molecule has 1 atom stereocenters. The maximum atomic E-state index is 12.6. The summed E-state index contributed by atoms with van der Waals surface area (Å²) in [6.45, 7) is 3.53. The first-order chi connectivity index (χ1) is 8.90. The van der Waals surface area contributed by atoms with Gasteiger partial charge in [-0.05, 0) is 37.8 Å². The number of aryl methyl sites for hydroxylation is 1. The summed E-state index contributed by atoms with van der Waals surface area (Å²) in [6, 6.07) is 7.04. The number of carbonyl (C=O) groups is 2. The van der Waals surface area contributed by atoms with E-state index in [2.05, 4.69) is 0 Å². The molecule has 0 heterocycles. The van der Waals surface area contributed by atoms with Gasteiger partial charge < -0.3 is 10.0 Å². The van der Waals surface area contributed by atoms with E-state index < -0.39 is 17.4 Å². The third-order valence-electron chi connectivity index (χ3n) is 4.08. The van der Waals surface area contributed by atoms with Gasteiger partial charge in [0, 0.05) is 7.05 Å². The van der Waals surface area contributed by atoms with Crippen LogP contribution < -0.4 is 0 Å². The molecule has 4 nitrogen and oxygen atoms in total. The topological polar surface area (TPSA) is 57.6 Å². The van der Waals surface area contributed by atoms with Crippen molar-refractivity contribution >= 4 is 11.9 Å². The van der Waals surface area contributed by atoms with Gasteiger partial charge in [-0.2, -0.15) is 0 Å². The summed E-state index contributed by atoms with van der Waals surface area (Å²) in [5.74, 6) is -1.06. The van der Waals surface area contributed by atoms with Gasteiger partial charge in [0.1, 0.15) is 6.04 Å². The molecule has 1 amide bonds. The van der Waals surface area contributed by atoms with Crippen molar-refractivity contribution in [2.24, 2.45) is 0 Å². The fraction of sp³-hybridized carbons (Fsp3) is 0.467.